The fourth-order valence-corrected chi connectivity index (χ4v) is 3.61. The van der Waals surface area contributed by atoms with E-state index < -0.39 is 16.8 Å². The summed E-state index contributed by atoms with van der Waals surface area (Å²) in [5.41, 5.74) is 3.50. The summed E-state index contributed by atoms with van der Waals surface area (Å²) in [7, 11) is 1.28. The van der Waals surface area contributed by atoms with Gasteiger partial charge in [-0.1, -0.05) is 6.07 Å². The predicted molar refractivity (Wildman–Crippen MR) is 127 cm³/mol. The van der Waals surface area contributed by atoms with E-state index >= 15 is 0 Å². The summed E-state index contributed by atoms with van der Waals surface area (Å²) in [6.07, 6.45) is 1.54. The van der Waals surface area contributed by atoms with Crippen LogP contribution >= 0.6 is 0 Å². The molecule has 172 valence electrons. The fraction of sp³-hybridized carbons (Fsp3) is 0.160. The number of hydrazone groups is 1. The summed E-state index contributed by atoms with van der Waals surface area (Å²) in [6, 6.07) is 12.9. The molecule has 0 unspecified atom stereocenters. The van der Waals surface area contributed by atoms with E-state index in [1.807, 2.05) is 13.8 Å². The summed E-state index contributed by atoms with van der Waals surface area (Å²) in [6.45, 7) is 5.37. The van der Waals surface area contributed by atoms with Crippen molar-refractivity contribution in [3.8, 4) is 11.3 Å². The molecule has 0 saturated heterocycles. The molecule has 2 aromatic carbocycles. The number of amides is 1. The molecule has 0 atom stereocenters. The van der Waals surface area contributed by atoms with Crippen molar-refractivity contribution in [3.05, 3.63) is 86.7 Å². The Morgan fingerprint density at radius 3 is 2.56 bits per heavy atom. The number of nitro groups is 1. The number of hydrogen-bond donors (Lipinski definition) is 0. The van der Waals surface area contributed by atoms with Gasteiger partial charge in [0, 0.05) is 6.07 Å². The van der Waals surface area contributed by atoms with Crippen LogP contribution in [0.25, 0.3) is 17.4 Å². The molecule has 1 amide bonds. The summed E-state index contributed by atoms with van der Waals surface area (Å²) in [5, 5.41) is 17.1. The summed E-state index contributed by atoms with van der Waals surface area (Å²) in [5.74, 6) is -0.238. The number of anilines is 1. The second kappa shape index (κ2) is 8.78. The Labute approximate surface area is 195 Å². The monoisotopic (exact) mass is 459 g/mol. The van der Waals surface area contributed by atoms with E-state index in [-0.39, 0.29) is 5.69 Å². The number of nitro benzene ring substituents is 1. The highest BCUT2D eigenvalue weighted by Crippen LogP contribution is 2.34. The van der Waals surface area contributed by atoms with Crippen molar-refractivity contribution in [2.45, 2.75) is 20.8 Å². The molecule has 0 saturated carbocycles. The number of rotatable bonds is 5. The molecule has 0 spiro atoms. The Bertz CT molecular complexity index is 1400. The smallest absolute Gasteiger partial charge is 0.337 e. The van der Waals surface area contributed by atoms with Crippen LogP contribution in [0.4, 0.5) is 11.4 Å². The third kappa shape index (κ3) is 4.11. The standard InChI is InChI=1S/C25H21N3O6/c1-14-10-21(22(28(31)32)11-15(14)2)23-9-8-19(34-23)13-20-16(3)26-27(24(20)29)18-7-5-6-17(12-18)25(30)33-4/h5-13H,1-4H3/b20-13+. The zero-order chi connectivity index (χ0) is 24.6. The number of nitrogens with zero attached hydrogens (tertiary/aromatic N) is 3. The normalized spacial score (nSPS) is 14.5. The van der Waals surface area contributed by atoms with Crippen LogP contribution in [0.3, 0.4) is 0 Å². The summed E-state index contributed by atoms with van der Waals surface area (Å²) >= 11 is 0. The Morgan fingerprint density at radius 2 is 1.85 bits per heavy atom. The Morgan fingerprint density at radius 1 is 1.12 bits per heavy atom. The first-order chi connectivity index (χ1) is 16.2. The molecule has 1 aliphatic heterocycles. The van der Waals surface area contributed by atoms with Gasteiger partial charge in [-0.25, -0.2) is 4.79 Å². The van der Waals surface area contributed by atoms with Crippen molar-refractivity contribution < 1.29 is 23.7 Å². The molecule has 1 aliphatic rings. The van der Waals surface area contributed by atoms with Crippen LogP contribution in [-0.4, -0.2) is 29.6 Å². The lowest BCUT2D eigenvalue weighted by molar-refractivity contribution is -0.384. The maximum Gasteiger partial charge on any atom is 0.337 e. The third-order valence-corrected chi connectivity index (χ3v) is 5.56. The molecule has 4 rings (SSSR count). The van der Waals surface area contributed by atoms with Gasteiger partial charge in [0.25, 0.3) is 11.6 Å². The number of benzene rings is 2. The first-order valence-electron chi connectivity index (χ1n) is 10.4. The van der Waals surface area contributed by atoms with E-state index in [0.717, 1.165) is 11.1 Å². The van der Waals surface area contributed by atoms with Crippen molar-refractivity contribution in [1.29, 1.82) is 0 Å². The number of hydrogen-bond acceptors (Lipinski definition) is 7. The fourth-order valence-electron chi connectivity index (χ4n) is 3.61. The van der Waals surface area contributed by atoms with Crippen LogP contribution in [0.15, 0.2) is 63.6 Å². The van der Waals surface area contributed by atoms with Crippen LogP contribution in [-0.2, 0) is 9.53 Å². The van der Waals surface area contributed by atoms with Gasteiger partial charge in [-0.15, -0.1) is 0 Å². The zero-order valence-electron chi connectivity index (χ0n) is 19.0. The quantitative estimate of drug-likeness (QED) is 0.228. The number of carbonyl (C=O) groups excluding carboxylic acids is 2. The minimum Gasteiger partial charge on any atom is -0.465 e. The molecule has 0 fully saturated rings. The van der Waals surface area contributed by atoms with Crippen molar-refractivity contribution in [2.24, 2.45) is 5.10 Å². The van der Waals surface area contributed by atoms with Crippen molar-refractivity contribution in [2.75, 3.05) is 12.1 Å². The Kier molecular flexibility index (Phi) is 5.85. The molecule has 3 aromatic rings. The second-order valence-corrected chi connectivity index (χ2v) is 7.82. The van der Waals surface area contributed by atoms with E-state index in [4.69, 9.17) is 9.15 Å². The average Bonchev–Trinajstić information content (AvgIpc) is 3.40. The summed E-state index contributed by atoms with van der Waals surface area (Å²) < 4.78 is 10.6. The predicted octanol–water partition coefficient (Wildman–Crippen LogP) is 5.06. The molecule has 1 aromatic heterocycles. The van der Waals surface area contributed by atoms with E-state index in [1.165, 1.54) is 24.3 Å². The molecule has 0 N–H and O–H groups in total. The lowest BCUT2D eigenvalue weighted by Gasteiger charge is -2.12. The number of ether oxygens (including phenoxy) is 1. The third-order valence-electron chi connectivity index (χ3n) is 5.56. The SMILES string of the molecule is COC(=O)c1cccc(N2N=C(C)/C(=C\c3ccc(-c4cc(C)c(C)cc4[N+](=O)[O-])o3)C2=O)c1. The number of furan rings is 1. The lowest BCUT2D eigenvalue weighted by atomic mass is 10.0. The van der Waals surface area contributed by atoms with Crippen molar-refractivity contribution in [3.63, 3.8) is 0 Å². The van der Waals surface area contributed by atoms with Gasteiger partial charge in [0.15, 0.2) is 0 Å². The molecule has 0 radical (unpaired) electrons. The van der Waals surface area contributed by atoms with Gasteiger partial charge in [0.2, 0.25) is 0 Å². The summed E-state index contributed by atoms with van der Waals surface area (Å²) in [4.78, 5) is 36.0. The highest BCUT2D eigenvalue weighted by atomic mass is 16.6. The molecule has 0 aliphatic carbocycles. The van der Waals surface area contributed by atoms with Gasteiger partial charge in [0.05, 0.1) is 40.1 Å². The van der Waals surface area contributed by atoms with Crippen molar-refractivity contribution in [1.82, 2.24) is 0 Å². The van der Waals surface area contributed by atoms with Gasteiger partial charge in [-0.3, -0.25) is 14.9 Å². The van der Waals surface area contributed by atoms with Crippen LogP contribution in [0.1, 0.15) is 34.2 Å². The maximum atomic E-state index is 13.1. The van der Waals surface area contributed by atoms with Crippen molar-refractivity contribution >= 4 is 35.0 Å². The molecule has 9 heteroatoms. The molecule has 9 nitrogen and oxygen atoms in total. The minimum absolute atomic E-state index is 0.0528. The molecule has 34 heavy (non-hydrogen) atoms. The van der Waals surface area contributed by atoms with E-state index in [1.54, 1.807) is 49.4 Å². The number of methoxy groups -OCH3 is 1. The zero-order valence-corrected chi connectivity index (χ0v) is 19.0. The van der Waals surface area contributed by atoms with Crippen LogP contribution < -0.4 is 5.01 Å². The van der Waals surface area contributed by atoms with Gasteiger partial charge in [-0.05, 0) is 74.4 Å². The van der Waals surface area contributed by atoms with Crippen LogP contribution in [0.5, 0.6) is 0 Å². The Hall–Kier alpha value is -4.53. The number of esters is 1. The molecular weight excluding hydrogens is 438 g/mol. The van der Waals surface area contributed by atoms with Crippen LogP contribution in [0, 0.1) is 24.0 Å². The molecule has 0 bridgehead atoms. The number of carbonyl (C=O) groups is 2. The molecule has 2 heterocycles. The Balaban J connectivity index is 1.66. The van der Waals surface area contributed by atoms with Crippen LogP contribution in [0.2, 0.25) is 0 Å². The first-order valence-corrected chi connectivity index (χ1v) is 10.4. The average molecular weight is 459 g/mol. The lowest BCUT2D eigenvalue weighted by Crippen LogP contribution is -2.21. The van der Waals surface area contributed by atoms with Gasteiger partial charge in [-0.2, -0.15) is 10.1 Å². The highest BCUT2D eigenvalue weighted by Gasteiger charge is 2.30. The maximum absolute atomic E-state index is 13.1. The second-order valence-electron chi connectivity index (χ2n) is 7.82. The largest absolute Gasteiger partial charge is 0.465 e. The van der Waals surface area contributed by atoms with E-state index in [0.29, 0.717) is 39.6 Å². The van der Waals surface area contributed by atoms with Gasteiger partial charge < -0.3 is 9.15 Å². The minimum atomic E-state index is -0.520. The van der Waals surface area contributed by atoms with Gasteiger partial charge in [0.1, 0.15) is 11.5 Å². The van der Waals surface area contributed by atoms with E-state index in [9.17, 15) is 19.7 Å². The van der Waals surface area contributed by atoms with Gasteiger partial charge >= 0.3 is 5.97 Å². The van der Waals surface area contributed by atoms with E-state index in [2.05, 4.69) is 5.10 Å². The highest BCUT2D eigenvalue weighted by molar-refractivity contribution is 6.32. The first kappa shape index (κ1) is 22.7. The molecular formula is C25H21N3O6. The number of aryl methyl sites for hydroxylation is 2. The topological polar surface area (TPSA) is 115 Å².